The van der Waals surface area contributed by atoms with Crippen LogP contribution in [0.4, 0.5) is 4.39 Å². The third-order valence-corrected chi connectivity index (χ3v) is 8.06. The molecule has 2 aromatic heterocycles. The number of sulfonamides is 1. The van der Waals surface area contributed by atoms with Gasteiger partial charge in [0, 0.05) is 26.3 Å². The second-order valence-corrected chi connectivity index (χ2v) is 10.2. The van der Waals surface area contributed by atoms with Crippen molar-refractivity contribution in [2.75, 3.05) is 20.2 Å². The Morgan fingerprint density at radius 3 is 2.64 bits per heavy atom. The summed E-state index contributed by atoms with van der Waals surface area (Å²) in [5.74, 6) is -0.834. The number of ether oxygens (including phenoxy) is 1. The van der Waals surface area contributed by atoms with Crippen molar-refractivity contribution in [3.63, 3.8) is 0 Å². The predicted octanol–water partition coefficient (Wildman–Crippen LogP) is 1.94. The number of hydrogen-bond acceptors (Lipinski definition) is 6. The number of carbonyl (C=O) groups is 1. The first-order valence-corrected chi connectivity index (χ1v) is 11.8. The fourth-order valence-corrected chi connectivity index (χ4v) is 6.09. The number of halogens is 1. The molecule has 1 fully saturated rings. The third-order valence-electron chi connectivity index (χ3n) is 6.32. The van der Waals surface area contributed by atoms with Crippen LogP contribution in [0.15, 0.2) is 53.3 Å². The highest BCUT2D eigenvalue weighted by Gasteiger charge is 2.52. The Morgan fingerprint density at radius 2 is 1.97 bits per heavy atom. The summed E-state index contributed by atoms with van der Waals surface area (Å²) in [6.07, 6.45) is 5.71. The molecule has 0 saturated carbocycles. The summed E-state index contributed by atoms with van der Waals surface area (Å²) >= 11 is 0. The van der Waals surface area contributed by atoms with E-state index in [1.807, 2.05) is 6.08 Å². The van der Waals surface area contributed by atoms with E-state index in [9.17, 15) is 17.6 Å². The Bertz CT molecular complexity index is 1380. The van der Waals surface area contributed by atoms with Crippen molar-refractivity contribution < 1.29 is 22.3 Å². The van der Waals surface area contributed by atoms with Crippen LogP contribution in [-0.4, -0.2) is 58.5 Å². The van der Waals surface area contributed by atoms with Gasteiger partial charge >= 0.3 is 5.97 Å². The predicted molar refractivity (Wildman–Crippen MR) is 116 cm³/mol. The van der Waals surface area contributed by atoms with Gasteiger partial charge in [-0.05, 0) is 60.4 Å². The smallest absolute Gasteiger partial charge is 0.317 e. The van der Waals surface area contributed by atoms with Gasteiger partial charge in [0.1, 0.15) is 11.2 Å². The second-order valence-electron chi connectivity index (χ2n) is 8.28. The van der Waals surface area contributed by atoms with E-state index in [1.165, 1.54) is 34.3 Å². The number of rotatable bonds is 4. The van der Waals surface area contributed by atoms with Crippen LogP contribution in [0.1, 0.15) is 17.7 Å². The molecule has 5 rings (SSSR count). The van der Waals surface area contributed by atoms with Crippen LogP contribution >= 0.6 is 0 Å². The van der Waals surface area contributed by atoms with Gasteiger partial charge in [-0.25, -0.2) is 17.5 Å². The van der Waals surface area contributed by atoms with Gasteiger partial charge in [-0.2, -0.15) is 14.5 Å². The molecule has 1 saturated heterocycles. The number of benzene rings is 1. The number of carbonyl (C=O) groups excluding carboxylic acids is 1. The van der Waals surface area contributed by atoms with Gasteiger partial charge in [-0.1, -0.05) is 0 Å². The first kappa shape index (κ1) is 21.5. The van der Waals surface area contributed by atoms with Crippen LogP contribution in [0, 0.1) is 11.2 Å². The molecule has 2 aliphatic rings. The minimum atomic E-state index is -3.88. The van der Waals surface area contributed by atoms with Gasteiger partial charge < -0.3 is 4.74 Å². The largest absolute Gasteiger partial charge is 0.468 e. The monoisotopic (exact) mass is 471 g/mol. The van der Waals surface area contributed by atoms with Gasteiger partial charge in [0.15, 0.2) is 5.03 Å². The van der Waals surface area contributed by atoms with E-state index >= 15 is 0 Å². The first-order valence-electron chi connectivity index (χ1n) is 10.4. The molecule has 1 aliphatic carbocycles. The molecule has 9 nitrogen and oxygen atoms in total. The minimum Gasteiger partial charge on any atom is -0.468 e. The van der Waals surface area contributed by atoms with Crippen LogP contribution in [0.3, 0.4) is 0 Å². The van der Waals surface area contributed by atoms with Gasteiger partial charge in [0.05, 0.1) is 24.7 Å². The van der Waals surface area contributed by atoms with E-state index in [0.717, 1.165) is 16.8 Å². The van der Waals surface area contributed by atoms with E-state index in [0.29, 0.717) is 12.1 Å². The molecule has 0 N–H and O–H groups in total. The molecule has 3 heterocycles. The zero-order valence-corrected chi connectivity index (χ0v) is 18.9. The number of methoxy groups -OCH3 is 1. The van der Waals surface area contributed by atoms with Crippen molar-refractivity contribution in [1.82, 2.24) is 23.9 Å². The van der Waals surface area contributed by atoms with Crippen LogP contribution in [0.25, 0.3) is 11.8 Å². The molecule has 1 aromatic carbocycles. The molecule has 0 amide bonds. The third kappa shape index (κ3) is 3.39. The normalized spacial score (nSPS) is 20.6. The molecule has 172 valence electrons. The average Bonchev–Trinajstić information content (AvgIpc) is 3.43. The fraction of sp³-hybridized carbons (Fsp3) is 0.318. The number of aromatic nitrogens is 4. The molecule has 1 atom stereocenters. The Hall–Kier alpha value is -3.31. The maximum absolute atomic E-state index is 13.4. The lowest BCUT2D eigenvalue weighted by Gasteiger charge is -2.43. The SMILES string of the molecule is COC(=O)[C@]12Cc3cnn(-c4ccc(F)cc4)c3C=C1CCN(S(=O)(=O)c1ccn(C)n1)C2. The molecular weight excluding hydrogens is 449 g/mol. The number of esters is 1. The van der Waals surface area contributed by atoms with E-state index in [1.54, 1.807) is 36.3 Å². The summed E-state index contributed by atoms with van der Waals surface area (Å²) in [4.78, 5) is 13.1. The van der Waals surface area contributed by atoms with Crippen LogP contribution < -0.4 is 0 Å². The molecule has 0 radical (unpaired) electrons. The number of hydrogen-bond donors (Lipinski definition) is 0. The van der Waals surface area contributed by atoms with Crippen molar-refractivity contribution in [3.8, 4) is 5.69 Å². The van der Waals surface area contributed by atoms with Gasteiger partial charge in [0.25, 0.3) is 10.0 Å². The Kier molecular flexibility index (Phi) is 4.98. The zero-order chi connectivity index (χ0) is 23.4. The van der Waals surface area contributed by atoms with Crippen molar-refractivity contribution in [3.05, 3.63) is 65.4 Å². The summed E-state index contributed by atoms with van der Waals surface area (Å²) in [5.41, 5.74) is 1.90. The van der Waals surface area contributed by atoms with E-state index < -0.39 is 21.4 Å². The number of piperidine rings is 1. The molecule has 0 bridgehead atoms. The lowest BCUT2D eigenvalue weighted by molar-refractivity contribution is -0.151. The molecule has 3 aromatic rings. The molecule has 11 heteroatoms. The van der Waals surface area contributed by atoms with Crippen LogP contribution in [0.5, 0.6) is 0 Å². The first-order chi connectivity index (χ1) is 15.7. The molecule has 1 aliphatic heterocycles. The van der Waals surface area contributed by atoms with Crippen molar-refractivity contribution >= 4 is 22.1 Å². The van der Waals surface area contributed by atoms with Gasteiger partial charge in [-0.15, -0.1) is 0 Å². The number of fused-ring (bicyclic) bond motifs is 2. The average molecular weight is 472 g/mol. The topological polar surface area (TPSA) is 99.3 Å². The maximum Gasteiger partial charge on any atom is 0.317 e. The lowest BCUT2D eigenvalue weighted by atomic mass is 9.69. The van der Waals surface area contributed by atoms with E-state index in [4.69, 9.17) is 4.74 Å². The summed E-state index contributed by atoms with van der Waals surface area (Å²) < 4.78 is 49.4. The molecular formula is C22H22FN5O4S. The highest BCUT2D eigenvalue weighted by Crippen LogP contribution is 2.46. The summed E-state index contributed by atoms with van der Waals surface area (Å²) in [6.45, 7) is 0.162. The van der Waals surface area contributed by atoms with E-state index in [2.05, 4.69) is 10.2 Å². The fourth-order valence-electron chi connectivity index (χ4n) is 4.64. The quantitative estimate of drug-likeness (QED) is 0.540. The van der Waals surface area contributed by atoms with Crippen LogP contribution in [-0.2, 0) is 33.0 Å². The molecule has 0 spiro atoms. The lowest BCUT2D eigenvalue weighted by Crippen LogP contribution is -2.53. The number of aryl methyl sites for hydroxylation is 1. The molecule has 0 unspecified atom stereocenters. The van der Waals surface area contributed by atoms with Crippen molar-refractivity contribution in [2.45, 2.75) is 17.9 Å². The van der Waals surface area contributed by atoms with Crippen molar-refractivity contribution in [1.29, 1.82) is 0 Å². The standard InChI is InChI=1S/C22H22FN5O4S/c1-26-9-8-20(25-26)33(30,31)27-10-7-16-11-19-15(12-22(16,14-27)21(29)32-2)13-24-28(19)18-5-3-17(23)4-6-18/h3-6,8-9,11,13H,7,10,12,14H2,1-2H3/t22-/m0/s1. The van der Waals surface area contributed by atoms with Crippen LogP contribution in [0.2, 0.25) is 0 Å². The van der Waals surface area contributed by atoms with Gasteiger partial charge in [0.2, 0.25) is 0 Å². The highest BCUT2D eigenvalue weighted by molar-refractivity contribution is 7.89. The summed E-state index contributed by atoms with van der Waals surface area (Å²) in [6, 6.07) is 7.42. The summed E-state index contributed by atoms with van der Waals surface area (Å²) in [7, 11) is -0.931. The summed E-state index contributed by atoms with van der Waals surface area (Å²) in [5, 5.41) is 8.43. The van der Waals surface area contributed by atoms with Gasteiger partial charge in [-0.3, -0.25) is 9.48 Å². The zero-order valence-electron chi connectivity index (χ0n) is 18.1. The second kappa shape index (κ2) is 7.63. The highest BCUT2D eigenvalue weighted by atomic mass is 32.2. The van der Waals surface area contributed by atoms with E-state index in [-0.39, 0.29) is 30.4 Å². The Labute approximate surface area is 190 Å². The van der Waals surface area contributed by atoms with Crippen molar-refractivity contribution in [2.24, 2.45) is 12.5 Å². The minimum absolute atomic E-state index is 0.0500. The maximum atomic E-state index is 13.4. The number of nitrogens with zero attached hydrogens (tertiary/aromatic N) is 5. The Balaban J connectivity index is 1.55. The Morgan fingerprint density at radius 1 is 1.21 bits per heavy atom. The molecule has 33 heavy (non-hydrogen) atoms.